The highest BCUT2D eigenvalue weighted by Gasteiger charge is 2.42. The highest BCUT2D eigenvalue weighted by atomic mass is 19.4. The van der Waals surface area contributed by atoms with E-state index in [1.165, 1.54) is 23.0 Å². The normalized spacial score (nSPS) is 18.7. The molecule has 44 heavy (non-hydrogen) atoms. The second kappa shape index (κ2) is 12.2. The molecule has 3 heterocycles. The molecule has 9 nitrogen and oxygen atoms in total. The third-order valence-electron chi connectivity index (χ3n) is 8.05. The second-order valence-corrected chi connectivity index (χ2v) is 11.2. The maximum absolute atomic E-state index is 14.1. The molecule has 0 bridgehead atoms. The Hall–Kier alpha value is -3.98. The van der Waals surface area contributed by atoms with Gasteiger partial charge < -0.3 is 15.8 Å². The molecule has 0 spiro atoms. The molecular weight excluding hydrogens is 601 g/mol. The molecule has 0 aromatic carbocycles. The number of primary amides is 1. The number of rotatable bonds is 11. The van der Waals surface area contributed by atoms with Crippen molar-refractivity contribution in [3.63, 3.8) is 0 Å². The number of hydrogen-bond donors (Lipinski definition) is 2. The maximum Gasteiger partial charge on any atom is 0.389 e. The van der Waals surface area contributed by atoms with E-state index in [1.54, 1.807) is 6.07 Å². The summed E-state index contributed by atoms with van der Waals surface area (Å²) in [6.45, 7) is -3.31. The molecule has 0 saturated heterocycles. The van der Waals surface area contributed by atoms with E-state index >= 15 is 0 Å². The average molecular weight is 631 g/mol. The van der Waals surface area contributed by atoms with Gasteiger partial charge in [-0.05, 0) is 55.2 Å². The van der Waals surface area contributed by atoms with Crippen molar-refractivity contribution in [2.45, 2.75) is 82.0 Å². The van der Waals surface area contributed by atoms with E-state index in [-0.39, 0.29) is 41.2 Å². The first-order valence-electron chi connectivity index (χ1n) is 14.0. The van der Waals surface area contributed by atoms with Gasteiger partial charge in [0, 0.05) is 42.5 Å². The molecular formula is C28H29F7N6O3. The summed E-state index contributed by atoms with van der Waals surface area (Å²) in [5.74, 6) is -6.84. The smallest absolute Gasteiger partial charge is 0.389 e. The number of aromatic nitrogens is 4. The van der Waals surface area contributed by atoms with Crippen molar-refractivity contribution in [1.82, 2.24) is 24.9 Å². The van der Waals surface area contributed by atoms with Crippen molar-refractivity contribution in [1.29, 1.82) is 0 Å². The SMILES string of the molecule is NC(=O)c1ccnc(OC(F)F)c1[C@@H](c1cn2ncc([C@H](NC(=O)CCC(F)(F)F)C3CC3)cc2n1)C1CCC(F)(F)CC1. The highest BCUT2D eigenvalue weighted by molar-refractivity contribution is 5.95. The first-order chi connectivity index (χ1) is 20.7. The Kier molecular flexibility index (Phi) is 8.71. The van der Waals surface area contributed by atoms with Gasteiger partial charge in [0.2, 0.25) is 23.6 Å². The van der Waals surface area contributed by atoms with Crippen LogP contribution < -0.4 is 15.8 Å². The Morgan fingerprint density at radius 2 is 1.84 bits per heavy atom. The number of ether oxygens (including phenoxy) is 1. The number of carbonyl (C=O) groups is 2. The van der Waals surface area contributed by atoms with Crippen LogP contribution in [0.3, 0.4) is 0 Å². The van der Waals surface area contributed by atoms with Gasteiger partial charge in [0.25, 0.3) is 0 Å². The molecule has 2 atom stereocenters. The van der Waals surface area contributed by atoms with Gasteiger partial charge in [-0.15, -0.1) is 0 Å². The van der Waals surface area contributed by atoms with Crippen molar-refractivity contribution >= 4 is 17.5 Å². The number of carbonyl (C=O) groups excluding carboxylic acids is 2. The zero-order valence-corrected chi connectivity index (χ0v) is 23.2. The molecule has 2 aliphatic carbocycles. The Morgan fingerprint density at radius 1 is 1.14 bits per heavy atom. The standard InChI is InChI=1S/C28H29F7N6O3/c29-26(30)44-25-22(17(24(36)43)6-10-37-25)21(14-3-7-27(31,32)8-4-14)18-13-41-19(39-18)11-16(12-38-41)23(15-1-2-15)40-20(42)5-9-28(33,34)35/h6,10-15,21,23,26H,1-5,7-9H2,(H2,36,43)(H,40,42)/t21-,23-/m1/s1. The van der Waals surface area contributed by atoms with Gasteiger partial charge in [0.1, 0.15) is 0 Å². The first-order valence-corrected chi connectivity index (χ1v) is 14.0. The van der Waals surface area contributed by atoms with Gasteiger partial charge in [-0.25, -0.2) is 23.3 Å². The Balaban J connectivity index is 1.54. The van der Waals surface area contributed by atoms with Gasteiger partial charge >= 0.3 is 12.8 Å². The lowest BCUT2D eigenvalue weighted by molar-refractivity contribution is -0.144. The topological polar surface area (TPSA) is 125 Å². The van der Waals surface area contributed by atoms with Gasteiger partial charge in [-0.2, -0.15) is 27.1 Å². The van der Waals surface area contributed by atoms with Gasteiger partial charge in [0.05, 0.1) is 30.6 Å². The van der Waals surface area contributed by atoms with Crippen LogP contribution in [-0.2, 0) is 4.79 Å². The number of hydrogen-bond acceptors (Lipinski definition) is 6. The van der Waals surface area contributed by atoms with Crippen LogP contribution in [0.1, 0.15) is 90.5 Å². The molecule has 2 fully saturated rings. The van der Waals surface area contributed by atoms with Crippen LogP contribution in [0.5, 0.6) is 5.88 Å². The third-order valence-corrected chi connectivity index (χ3v) is 8.05. The predicted molar refractivity (Wildman–Crippen MR) is 140 cm³/mol. The van der Waals surface area contributed by atoms with Gasteiger partial charge in [-0.3, -0.25) is 9.59 Å². The van der Waals surface area contributed by atoms with Crippen LogP contribution in [0.15, 0.2) is 30.7 Å². The largest absolute Gasteiger partial charge is 0.417 e. The minimum absolute atomic E-state index is 0.0113. The summed E-state index contributed by atoms with van der Waals surface area (Å²) in [6.07, 6.45) is -2.01. The Morgan fingerprint density at radius 3 is 2.45 bits per heavy atom. The lowest BCUT2D eigenvalue weighted by Crippen LogP contribution is -2.30. The molecule has 238 valence electrons. The van der Waals surface area contributed by atoms with Crippen LogP contribution >= 0.6 is 0 Å². The number of nitrogens with two attached hydrogens (primary N) is 1. The molecule has 0 aliphatic heterocycles. The summed E-state index contributed by atoms with van der Waals surface area (Å²) in [4.78, 5) is 33.3. The Labute approximate surface area is 246 Å². The fraction of sp³-hybridized carbons (Fsp3) is 0.536. The summed E-state index contributed by atoms with van der Waals surface area (Å²) in [5, 5.41) is 7.00. The number of nitrogens with zero attached hydrogens (tertiary/aromatic N) is 4. The number of halogens is 7. The maximum atomic E-state index is 14.1. The zero-order valence-electron chi connectivity index (χ0n) is 23.2. The van der Waals surface area contributed by atoms with E-state index in [1.807, 2.05) is 0 Å². The molecule has 16 heteroatoms. The molecule has 3 aromatic rings. The molecule has 2 aliphatic rings. The van der Waals surface area contributed by atoms with Crippen LogP contribution in [-0.4, -0.2) is 50.1 Å². The number of fused-ring (bicyclic) bond motifs is 1. The van der Waals surface area contributed by atoms with Crippen molar-refractivity contribution < 1.29 is 45.1 Å². The van der Waals surface area contributed by atoms with Gasteiger partial charge in [-0.1, -0.05) is 0 Å². The molecule has 0 unspecified atom stereocenters. The molecule has 0 radical (unpaired) electrons. The summed E-state index contributed by atoms with van der Waals surface area (Å²) in [6, 6.07) is 2.20. The predicted octanol–water partition coefficient (Wildman–Crippen LogP) is 5.69. The molecule has 3 aromatic heterocycles. The average Bonchev–Trinajstić information content (AvgIpc) is 3.69. The van der Waals surface area contributed by atoms with E-state index in [2.05, 4.69) is 25.1 Å². The van der Waals surface area contributed by atoms with Crippen molar-refractivity contribution in [2.24, 2.45) is 17.6 Å². The van der Waals surface area contributed by atoms with E-state index in [4.69, 9.17) is 5.73 Å². The molecule has 2 amide bonds. The molecule has 2 saturated carbocycles. The van der Waals surface area contributed by atoms with Crippen LogP contribution in [0.4, 0.5) is 30.7 Å². The summed E-state index contributed by atoms with van der Waals surface area (Å²) < 4.78 is 99.0. The number of amides is 2. The second-order valence-electron chi connectivity index (χ2n) is 11.2. The lowest BCUT2D eigenvalue weighted by Gasteiger charge is -2.34. The highest BCUT2D eigenvalue weighted by Crippen LogP contribution is 2.48. The Bertz CT molecular complexity index is 1520. The number of pyridine rings is 1. The van der Waals surface area contributed by atoms with Crippen molar-refractivity contribution in [3.8, 4) is 5.88 Å². The van der Waals surface area contributed by atoms with Crippen LogP contribution in [0.25, 0.3) is 5.65 Å². The summed E-state index contributed by atoms with van der Waals surface area (Å²) in [5.41, 5.74) is 6.23. The molecule has 3 N–H and O–H groups in total. The summed E-state index contributed by atoms with van der Waals surface area (Å²) >= 11 is 0. The van der Waals surface area contributed by atoms with Gasteiger partial charge in [0.15, 0.2) is 5.65 Å². The lowest BCUT2D eigenvalue weighted by atomic mass is 9.73. The van der Waals surface area contributed by atoms with E-state index in [9.17, 15) is 40.3 Å². The number of nitrogens with one attached hydrogen (secondary N) is 1. The molecule has 5 rings (SSSR count). The van der Waals surface area contributed by atoms with Crippen LogP contribution in [0.2, 0.25) is 0 Å². The van der Waals surface area contributed by atoms with E-state index < -0.39 is 80.0 Å². The monoisotopic (exact) mass is 630 g/mol. The quantitative estimate of drug-likeness (QED) is 0.262. The third kappa shape index (κ3) is 7.38. The van der Waals surface area contributed by atoms with E-state index in [0.717, 1.165) is 19.0 Å². The number of alkyl halides is 7. The summed E-state index contributed by atoms with van der Waals surface area (Å²) in [7, 11) is 0. The van der Waals surface area contributed by atoms with Crippen molar-refractivity contribution in [2.75, 3.05) is 0 Å². The van der Waals surface area contributed by atoms with Crippen LogP contribution in [0, 0.1) is 11.8 Å². The fourth-order valence-corrected chi connectivity index (χ4v) is 5.80. The minimum atomic E-state index is -4.48. The zero-order chi connectivity index (χ0) is 31.8. The fourth-order valence-electron chi connectivity index (χ4n) is 5.80. The number of imidazole rings is 1. The first kappa shape index (κ1) is 31.4. The van der Waals surface area contributed by atoms with E-state index in [0.29, 0.717) is 5.56 Å². The van der Waals surface area contributed by atoms with Crippen molar-refractivity contribution in [3.05, 3.63) is 53.1 Å². The minimum Gasteiger partial charge on any atom is -0.417 e.